The van der Waals surface area contributed by atoms with E-state index >= 15 is 0 Å². The predicted molar refractivity (Wildman–Crippen MR) is 107 cm³/mol. The van der Waals surface area contributed by atoms with Crippen LogP contribution in [-0.4, -0.2) is 35.1 Å². The number of ether oxygens (including phenoxy) is 1. The summed E-state index contributed by atoms with van der Waals surface area (Å²) in [5, 5.41) is 3.65. The Labute approximate surface area is 160 Å². The molecule has 0 saturated carbocycles. The van der Waals surface area contributed by atoms with Gasteiger partial charge < -0.3 is 4.74 Å². The first-order chi connectivity index (χ1) is 12.7. The molecule has 2 aromatic heterocycles. The van der Waals surface area contributed by atoms with Crippen LogP contribution in [0, 0.1) is 6.92 Å². The van der Waals surface area contributed by atoms with Gasteiger partial charge in [0.25, 0.3) is 5.91 Å². The lowest BCUT2D eigenvalue weighted by Crippen LogP contribution is -2.36. The normalized spacial score (nSPS) is 17.3. The molecular weight excluding hydrogens is 366 g/mol. The number of amides is 1. The maximum atomic E-state index is 12.9. The van der Waals surface area contributed by atoms with Crippen molar-refractivity contribution in [2.75, 3.05) is 18.1 Å². The quantitative estimate of drug-likeness (QED) is 0.615. The predicted octanol–water partition coefficient (Wildman–Crippen LogP) is 4.29. The summed E-state index contributed by atoms with van der Waals surface area (Å²) in [4.78, 5) is 23.7. The van der Waals surface area contributed by atoms with E-state index in [0.29, 0.717) is 11.7 Å². The number of hydrogen-bond acceptors (Lipinski definition) is 6. The molecule has 0 bridgehead atoms. The Morgan fingerprint density at radius 1 is 1.38 bits per heavy atom. The van der Waals surface area contributed by atoms with Gasteiger partial charge in [-0.15, -0.1) is 11.3 Å². The molecule has 1 atom stereocenters. The van der Waals surface area contributed by atoms with E-state index < -0.39 is 0 Å². The molecule has 5 nitrogen and oxygen atoms in total. The summed E-state index contributed by atoms with van der Waals surface area (Å²) >= 11 is 3.11. The molecule has 0 N–H and O–H groups in total. The van der Waals surface area contributed by atoms with Gasteiger partial charge in [-0.2, -0.15) is 0 Å². The summed E-state index contributed by atoms with van der Waals surface area (Å²) in [7, 11) is 0. The highest BCUT2D eigenvalue weighted by Crippen LogP contribution is 2.30. The molecule has 1 unspecified atom stereocenters. The zero-order valence-corrected chi connectivity index (χ0v) is 16.1. The zero-order valence-electron chi connectivity index (χ0n) is 14.4. The minimum atomic E-state index is -0.0924. The standard InChI is InChI=1S/C19H19N3O2S2/c1-13-20-14(12-25-13)8-9-18(23)22(11-15-5-4-10-24-15)19-21-16-6-2-3-7-17(16)26-19/h2-3,6-9,12,15H,4-5,10-11H2,1H3/b9-8+. The average Bonchev–Trinajstić information content (AvgIpc) is 3.38. The third kappa shape index (κ3) is 3.85. The maximum Gasteiger partial charge on any atom is 0.252 e. The van der Waals surface area contributed by atoms with E-state index in [4.69, 9.17) is 4.74 Å². The number of benzene rings is 1. The summed E-state index contributed by atoms with van der Waals surface area (Å²) in [6.45, 7) is 3.24. The highest BCUT2D eigenvalue weighted by molar-refractivity contribution is 7.22. The van der Waals surface area contributed by atoms with E-state index in [1.807, 2.05) is 36.6 Å². The summed E-state index contributed by atoms with van der Waals surface area (Å²) < 4.78 is 6.82. The van der Waals surface area contributed by atoms with E-state index in [0.717, 1.165) is 40.4 Å². The molecule has 1 aliphatic heterocycles. The van der Waals surface area contributed by atoms with Crippen molar-refractivity contribution in [3.63, 3.8) is 0 Å². The molecule has 0 spiro atoms. The van der Waals surface area contributed by atoms with Crippen molar-refractivity contribution in [1.29, 1.82) is 0 Å². The summed E-state index contributed by atoms with van der Waals surface area (Å²) in [5.74, 6) is -0.0924. The van der Waals surface area contributed by atoms with Crippen molar-refractivity contribution >= 4 is 50.0 Å². The first-order valence-corrected chi connectivity index (χ1v) is 10.3. The first kappa shape index (κ1) is 17.3. The van der Waals surface area contributed by atoms with Crippen LogP contribution in [0.1, 0.15) is 23.5 Å². The van der Waals surface area contributed by atoms with Gasteiger partial charge in [-0.25, -0.2) is 9.97 Å². The van der Waals surface area contributed by atoms with Crippen LogP contribution in [0.5, 0.6) is 0 Å². The van der Waals surface area contributed by atoms with Gasteiger partial charge in [0, 0.05) is 18.1 Å². The molecule has 1 aliphatic rings. The average molecular weight is 386 g/mol. The maximum absolute atomic E-state index is 12.9. The lowest BCUT2D eigenvalue weighted by molar-refractivity contribution is -0.114. The number of para-hydroxylation sites is 1. The molecule has 0 aliphatic carbocycles. The van der Waals surface area contributed by atoms with Crippen LogP contribution in [0.2, 0.25) is 0 Å². The van der Waals surface area contributed by atoms with Crippen LogP contribution >= 0.6 is 22.7 Å². The molecule has 1 fully saturated rings. The number of anilines is 1. The van der Waals surface area contributed by atoms with Gasteiger partial charge in [0.15, 0.2) is 5.13 Å². The number of rotatable bonds is 5. The molecule has 3 heterocycles. The highest BCUT2D eigenvalue weighted by Gasteiger charge is 2.25. The smallest absolute Gasteiger partial charge is 0.252 e. The molecule has 3 aromatic rings. The van der Waals surface area contributed by atoms with Crippen molar-refractivity contribution < 1.29 is 9.53 Å². The van der Waals surface area contributed by atoms with Crippen molar-refractivity contribution in [3.8, 4) is 0 Å². The second kappa shape index (κ2) is 7.65. The number of nitrogens with zero attached hydrogens (tertiary/aromatic N) is 3. The van der Waals surface area contributed by atoms with Crippen molar-refractivity contribution in [2.24, 2.45) is 0 Å². The van der Waals surface area contributed by atoms with E-state index in [1.54, 1.807) is 28.4 Å². The molecular formula is C19H19N3O2S2. The van der Waals surface area contributed by atoms with Crippen LogP contribution in [0.15, 0.2) is 35.7 Å². The van der Waals surface area contributed by atoms with Crippen LogP contribution < -0.4 is 4.90 Å². The molecule has 0 radical (unpaired) electrons. The Bertz CT molecular complexity index is 908. The Morgan fingerprint density at radius 3 is 3.00 bits per heavy atom. The summed E-state index contributed by atoms with van der Waals surface area (Å²) in [5.41, 5.74) is 1.72. The third-order valence-corrected chi connectivity index (χ3v) is 6.07. The van der Waals surface area contributed by atoms with Gasteiger partial charge in [0.1, 0.15) is 0 Å². The second-order valence-electron chi connectivity index (χ2n) is 6.17. The molecule has 134 valence electrons. The monoisotopic (exact) mass is 385 g/mol. The lowest BCUT2D eigenvalue weighted by atomic mass is 10.2. The first-order valence-electron chi connectivity index (χ1n) is 8.58. The van der Waals surface area contributed by atoms with Crippen LogP contribution in [0.3, 0.4) is 0 Å². The van der Waals surface area contributed by atoms with Crippen molar-refractivity contribution in [2.45, 2.75) is 25.9 Å². The van der Waals surface area contributed by atoms with E-state index in [2.05, 4.69) is 9.97 Å². The molecule has 26 heavy (non-hydrogen) atoms. The number of fused-ring (bicyclic) bond motifs is 1. The fraction of sp³-hybridized carbons (Fsp3) is 0.316. The van der Waals surface area contributed by atoms with Gasteiger partial charge in [-0.05, 0) is 38.0 Å². The molecule has 4 rings (SSSR count). The zero-order chi connectivity index (χ0) is 17.9. The van der Waals surface area contributed by atoms with Crippen LogP contribution in [-0.2, 0) is 9.53 Å². The molecule has 7 heteroatoms. The topological polar surface area (TPSA) is 55.3 Å². The molecule has 1 amide bonds. The molecule has 1 saturated heterocycles. The Morgan fingerprint density at radius 2 is 2.27 bits per heavy atom. The summed E-state index contributed by atoms with van der Waals surface area (Å²) in [6.07, 6.45) is 5.43. The van der Waals surface area contributed by atoms with Crippen molar-refractivity contribution in [3.05, 3.63) is 46.4 Å². The second-order valence-corrected chi connectivity index (χ2v) is 8.24. The van der Waals surface area contributed by atoms with Gasteiger partial charge in [0.05, 0.1) is 33.6 Å². The minimum Gasteiger partial charge on any atom is -0.376 e. The van der Waals surface area contributed by atoms with Crippen LogP contribution in [0.4, 0.5) is 5.13 Å². The number of aryl methyl sites for hydroxylation is 1. The number of thiazole rings is 2. The fourth-order valence-electron chi connectivity index (χ4n) is 2.93. The largest absolute Gasteiger partial charge is 0.376 e. The number of carbonyl (C=O) groups is 1. The van der Waals surface area contributed by atoms with Gasteiger partial charge >= 0.3 is 0 Å². The lowest BCUT2D eigenvalue weighted by Gasteiger charge is -2.21. The number of carbonyl (C=O) groups excluding carboxylic acids is 1. The summed E-state index contributed by atoms with van der Waals surface area (Å²) in [6, 6.07) is 7.95. The van der Waals surface area contributed by atoms with E-state index in [9.17, 15) is 4.79 Å². The number of aromatic nitrogens is 2. The fourth-order valence-corrected chi connectivity index (χ4v) is 4.49. The highest BCUT2D eigenvalue weighted by atomic mass is 32.1. The number of hydrogen-bond donors (Lipinski definition) is 0. The van der Waals surface area contributed by atoms with Crippen molar-refractivity contribution in [1.82, 2.24) is 9.97 Å². The third-order valence-electron chi connectivity index (χ3n) is 4.22. The Kier molecular flexibility index (Phi) is 5.10. The Balaban J connectivity index is 1.60. The Hall–Kier alpha value is -2.09. The van der Waals surface area contributed by atoms with Crippen LogP contribution in [0.25, 0.3) is 16.3 Å². The van der Waals surface area contributed by atoms with Gasteiger partial charge in [0.2, 0.25) is 0 Å². The molecule has 1 aromatic carbocycles. The minimum absolute atomic E-state index is 0.0703. The van der Waals surface area contributed by atoms with Gasteiger partial charge in [-0.3, -0.25) is 9.69 Å². The SMILES string of the molecule is Cc1nc(/C=C/C(=O)N(CC2CCCO2)c2nc3ccccc3s2)cs1. The van der Waals surface area contributed by atoms with Gasteiger partial charge in [-0.1, -0.05) is 23.5 Å². The van der Waals surface area contributed by atoms with E-state index in [1.165, 1.54) is 11.3 Å². The van der Waals surface area contributed by atoms with E-state index in [-0.39, 0.29) is 12.0 Å².